The molecule has 5 N–H and O–H groups in total. The molecule has 0 saturated carbocycles. The van der Waals surface area contributed by atoms with Crippen molar-refractivity contribution in [3.8, 4) is 0 Å². The van der Waals surface area contributed by atoms with Gasteiger partial charge in [0.25, 0.3) is 0 Å². The summed E-state index contributed by atoms with van der Waals surface area (Å²) in [5.74, 6) is 0.597. The standard InChI is InChI=1S/2C14H25NO4.C14H25NO3.CH4.H2O2/c2*1-9(2)7-10(11(16)14(6)8-18-14)15-12(17)19-13(3,4)5;1-9(2)8-11(12(16)10(3)4)15-13(17)18-14(5,6)7;;1-2/h2*9-10H,7-8H2,1-6H3,(H,15,17);9,11H,3,8H2,1-2,4-7H3,(H,15,17);1H4;1-2H/t10-,14+;10-,14-;11-;;/m000../s1. The van der Waals surface area contributed by atoms with Gasteiger partial charge in [0.15, 0.2) is 17.3 Å². The summed E-state index contributed by atoms with van der Waals surface area (Å²) in [4.78, 5) is 71.7. The Morgan fingerprint density at radius 1 is 0.576 bits per heavy atom. The van der Waals surface area contributed by atoms with Crippen molar-refractivity contribution in [3.05, 3.63) is 12.2 Å². The second kappa shape index (κ2) is 25.2. The number of carbonyl (C=O) groups excluding carboxylic acids is 6. The van der Waals surface area contributed by atoms with E-state index in [4.69, 9.17) is 34.2 Å². The van der Waals surface area contributed by atoms with Crippen LogP contribution >= 0.6 is 0 Å². The maximum Gasteiger partial charge on any atom is 0.408 e. The van der Waals surface area contributed by atoms with Gasteiger partial charge in [0.05, 0.1) is 31.3 Å². The molecule has 16 heteroatoms. The number of ether oxygens (including phenoxy) is 5. The summed E-state index contributed by atoms with van der Waals surface area (Å²) in [6.07, 6.45) is 0.0492. The summed E-state index contributed by atoms with van der Waals surface area (Å²) in [5, 5.41) is 19.9. The molecule has 2 aliphatic rings. The second-order valence-corrected chi connectivity index (χ2v) is 19.4. The second-order valence-electron chi connectivity index (χ2n) is 19.4. The van der Waals surface area contributed by atoms with Gasteiger partial charge in [0.1, 0.15) is 28.0 Å². The summed E-state index contributed by atoms with van der Waals surface area (Å²) >= 11 is 0. The minimum Gasteiger partial charge on any atom is -0.444 e. The zero-order chi connectivity index (χ0) is 46.2. The first-order chi connectivity index (χ1) is 26.1. The van der Waals surface area contributed by atoms with E-state index < -0.39 is 64.4 Å². The van der Waals surface area contributed by atoms with Crippen LogP contribution in [0.1, 0.15) is 151 Å². The summed E-state index contributed by atoms with van der Waals surface area (Å²) in [6.45, 7) is 37.7. The van der Waals surface area contributed by atoms with Crippen molar-refractivity contribution in [1.82, 2.24) is 16.0 Å². The Morgan fingerprint density at radius 3 is 0.983 bits per heavy atom. The van der Waals surface area contributed by atoms with Crippen LogP contribution in [0.15, 0.2) is 12.2 Å². The minimum atomic E-state index is -0.728. The van der Waals surface area contributed by atoms with E-state index in [-0.39, 0.29) is 24.8 Å². The summed E-state index contributed by atoms with van der Waals surface area (Å²) in [6, 6.07) is -1.66. The van der Waals surface area contributed by atoms with Gasteiger partial charge in [0, 0.05) is 0 Å². The zero-order valence-electron chi connectivity index (χ0n) is 38.6. The van der Waals surface area contributed by atoms with Crippen molar-refractivity contribution < 1.29 is 63.0 Å². The Kier molecular flexibility index (Phi) is 25.5. The Balaban J connectivity index is -0.000000774. The average Bonchev–Trinajstić information content (AvgIpc) is 3.95. The van der Waals surface area contributed by atoms with E-state index >= 15 is 0 Å². The molecule has 0 bridgehead atoms. The van der Waals surface area contributed by atoms with Gasteiger partial charge < -0.3 is 39.6 Å². The SMILES string of the molecule is C.C=C(C)C(=O)[C@H](CC(C)C)NC(=O)OC(C)(C)C.CC(C)C[C@H](NC(=O)OC(C)(C)C)C(=O)[C@@]1(C)CO1.CC(C)C[C@H](NC(=O)OC(C)(C)C)C(=O)[C@]1(C)CO1.OO. The van der Waals surface area contributed by atoms with Crippen LogP contribution in [0.3, 0.4) is 0 Å². The average molecular weight is 848 g/mol. The summed E-state index contributed by atoms with van der Waals surface area (Å²) < 4.78 is 25.8. The number of epoxide rings is 2. The molecular weight excluding hydrogens is 766 g/mol. The number of amides is 3. The van der Waals surface area contributed by atoms with Crippen LogP contribution in [-0.2, 0) is 38.1 Å². The fraction of sp³-hybridized carbons (Fsp3) is 0.814. The number of carbonyl (C=O) groups is 6. The number of hydrogen-bond donors (Lipinski definition) is 5. The lowest BCUT2D eigenvalue weighted by Crippen LogP contribution is -2.48. The van der Waals surface area contributed by atoms with E-state index in [1.807, 2.05) is 41.5 Å². The topological polar surface area (TPSA) is 232 Å². The Hall–Kier alpha value is -3.60. The number of alkyl carbamates (subject to hydrolysis) is 3. The van der Waals surface area contributed by atoms with Crippen molar-refractivity contribution in [3.63, 3.8) is 0 Å². The highest BCUT2D eigenvalue weighted by Gasteiger charge is 2.51. The van der Waals surface area contributed by atoms with Crippen LogP contribution in [0.5, 0.6) is 0 Å². The van der Waals surface area contributed by atoms with Crippen molar-refractivity contribution in [2.24, 2.45) is 17.8 Å². The van der Waals surface area contributed by atoms with Crippen molar-refractivity contribution >= 4 is 35.6 Å². The molecule has 2 rings (SSSR count). The maximum absolute atomic E-state index is 12.3. The molecule has 16 nitrogen and oxygen atoms in total. The fourth-order valence-electron chi connectivity index (χ4n) is 4.99. The molecule has 0 aliphatic carbocycles. The van der Waals surface area contributed by atoms with E-state index in [9.17, 15) is 28.8 Å². The first-order valence-corrected chi connectivity index (χ1v) is 19.8. The lowest BCUT2D eigenvalue weighted by Gasteiger charge is -2.24. The third-order valence-electron chi connectivity index (χ3n) is 7.76. The van der Waals surface area contributed by atoms with Gasteiger partial charge in [-0.05, 0) is 126 Å². The molecule has 0 spiro atoms. The number of nitrogens with one attached hydrogen (secondary N) is 3. The summed E-state index contributed by atoms with van der Waals surface area (Å²) in [7, 11) is 0. The van der Waals surface area contributed by atoms with Crippen LogP contribution in [0.4, 0.5) is 14.4 Å². The molecular formula is C43H81N3O13. The fourth-order valence-corrected chi connectivity index (χ4v) is 4.99. The number of Topliss-reactive ketones (excluding diaryl/α,β-unsaturated/α-hetero) is 3. The highest BCUT2D eigenvalue weighted by molar-refractivity contribution is 6.00. The number of ketones is 3. The lowest BCUT2D eigenvalue weighted by molar-refractivity contribution is -0.176. The molecule has 0 unspecified atom stereocenters. The van der Waals surface area contributed by atoms with Crippen LogP contribution in [0, 0.1) is 17.8 Å². The molecule has 2 heterocycles. The first-order valence-electron chi connectivity index (χ1n) is 19.8. The van der Waals surface area contributed by atoms with Gasteiger partial charge in [-0.15, -0.1) is 0 Å². The Bertz CT molecular complexity index is 1290. The molecule has 0 aromatic carbocycles. The maximum atomic E-state index is 12.3. The van der Waals surface area contributed by atoms with E-state index in [2.05, 4.69) is 22.5 Å². The molecule has 3 amide bonds. The quantitative estimate of drug-likeness (QED) is 0.0344. The van der Waals surface area contributed by atoms with Crippen molar-refractivity contribution in [2.45, 2.75) is 197 Å². The van der Waals surface area contributed by atoms with E-state index in [1.165, 1.54) is 0 Å². The van der Waals surface area contributed by atoms with Gasteiger partial charge in [-0.25, -0.2) is 14.4 Å². The third-order valence-corrected chi connectivity index (χ3v) is 7.76. The molecule has 2 aliphatic heterocycles. The highest BCUT2D eigenvalue weighted by Crippen LogP contribution is 2.31. The van der Waals surface area contributed by atoms with Crippen LogP contribution in [-0.4, -0.2) is 105 Å². The summed E-state index contributed by atoms with van der Waals surface area (Å²) in [5.41, 5.74) is -2.73. The molecule has 59 heavy (non-hydrogen) atoms. The minimum absolute atomic E-state index is 0. The molecule has 5 atom stereocenters. The normalized spacial score (nSPS) is 19.5. The largest absolute Gasteiger partial charge is 0.444 e. The predicted molar refractivity (Wildman–Crippen MR) is 228 cm³/mol. The number of hydrogen-bond acceptors (Lipinski definition) is 13. The van der Waals surface area contributed by atoms with Gasteiger partial charge >= 0.3 is 18.3 Å². The molecule has 0 radical (unpaired) electrons. The van der Waals surface area contributed by atoms with Crippen LogP contribution < -0.4 is 16.0 Å². The predicted octanol–water partition coefficient (Wildman–Crippen LogP) is 8.29. The van der Waals surface area contributed by atoms with Gasteiger partial charge in [0.2, 0.25) is 0 Å². The molecule has 0 aromatic heterocycles. The third kappa shape index (κ3) is 27.7. The highest BCUT2D eigenvalue weighted by atomic mass is 17.0. The van der Waals surface area contributed by atoms with E-state index in [0.29, 0.717) is 55.8 Å². The lowest BCUT2D eigenvalue weighted by atomic mass is 9.93. The Labute approximate surface area is 354 Å². The Morgan fingerprint density at radius 2 is 0.797 bits per heavy atom. The van der Waals surface area contributed by atoms with Crippen LogP contribution in [0.2, 0.25) is 0 Å². The smallest absolute Gasteiger partial charge is 0.408 e. The molecule has 2 fully saturated rings. The van der Waals surface area contributed by atoms with Gasteiger partial charge in [-0.3, -0.25) is 24.9 Å². The van der Waals surface area contributed by atoms with Gasteiger partial charge in [-0.2, -0.15) is 0 Å². The first kappa shape index (κ1) is 59.7. The van der Waals surface area contributed by atoms with Crippen molar-refractivity contribution in [1.29, 1.82) is 0 Å². The number of rotatable bonds is 15. The van der Waals surface area contributed by atoms with Gasteiger partial charge in [-0.1, -0.05) is 55.5 Å². The van der Waals surface area contributed by atoms with Crippen molar-refractivity contribution in [2.75, 3.05) is 13.2 Å². The molecule has 2 saturated heterocycles. The monoisotopic (exact) mass is 848 g/mol. The molecule has 346 valence electrons. The molecule has 0 aromatic rings. The van der Waals surface area contributed by atoms with Crippen LogP contribution in [0.25, 0.3) is 0 Å². The van der Waals surface area contributed by atoms with E-state index in [0.717, 1.165) is 0 Å². The zero-order valence-corrected chi connectivity index (χ0v) is 38.6. The van der Waals surface area contributed by atoms with E-state index in [1.54, 1.807) is 83.1 Å².